The van der Waals surface area contributed by atoms with Gasteiger partial charge in [-0.2, -0.15) is 0 Å². The van der Waals surface area contributed by atoms with Gasteiger partial charge in [0.05, 0.1) is 6.33 Å². The first-order valence-electron chi connectivity index (χ1n) is 5.32. The van der Waals surface area contributed by atoms with Gasteiger partial charge in [0.2, 0.25) is 0 Å². The summed E-state index contributed by atoms with van der Waals surface area (Å²) >= 11 is 5.04. The third kappa shape index (κ3) is 5.37. The molecule has 0 bridgehead atoms. The van der Waals surface area contributed by atoms with Crippen LogP contribution in [-0.4, -0.2) is 28.2 Å². The fraction of sp³-hybridized carbons (Fsp3) is 0.600. The van der Waals surface area contributed by atoms with Crippen LogP contribution < -0.4 is 10.6 Å². The van der Waals surface area contributed by atoms with Gasteiger partial charge in [-0.3, -0.25) is 0 Å². The van der Waals surface area contributed by atoms with Crippen molar-refractivity contribution in [2.75, 3.05) is 13.1 Å². The van der Waals surface area contributed by atoms with E-state index in [1.54, 1.807) is 6.33 Å². The third-order valence-corrected chi connectivity index (χ3v) is 2.34. The zero-order valence-electron chi connectivity index (χ0n) is 9.05. The Balaban J connectivity index is 1.95. The summed E-state index contributed by atoms with van der Waals surface area (Å²) in [5, 5.41) is 6.96. The van der Waals surface area contributed by atoms with Gasteiger partial charge in [0.25, 0.3) is 0 Å². The van der Waals surface area contributed by atoms with Gasteiger partial charge in [0.1, 0.15) is 0 Å². The van der Waals surface area contributed by atoms with E-state index in [1.807, 2.05) is 13.1 Å². The second-order valence-corrected chi connectivity index (χ2v) is 3.73. The van der Waals surface area contributed by atoms with Crippen molar-refractivity contribution in [3.05, 3.63) is 18.2 Å². The summed E-state index contributed by atoms with van der Waals surface area (Å²) in [6, 6.07) is 0. The van der Waals surface area contributed by atoms with Crippen molar-refractivity contribution in [2.24, 2.45) is 0 Å². The highest BCUT2D eigenvalue weighted by atomic mass is 32.1. The molecule has 0 aliphatic carbocycles. The number of nitrogens with zero attached hydrogens (tertiary/aromatic N) is 1. The Morgan fingerprint density at radius 2 is 2.33 bits per heavy atom. The van der Waals surface area contributed by atoms with Crippen LogP contribution in [0.25, 0.3) is 0 Å². The van der Waals surface area contributed by atoms with E-state index >= 15 is 0 Å². The molecule has 0 amide bonds. The molecule has 15 heavy (non-hydrogen) atoms. The Bertz CT molecular complexity index is 271. The number of hydrogen-bond donors (Lipinski definition) is 3. The number of hydrogen-bond acceptors (Lipinski definition) is 2. The van der Waals surface area contributed by atoms with Crippen molar-refractivity contribution in [1.29, 1.82) is 0 Å². The lowest BCUT2D eigenvalue weighted by atomic mass is 10.2. The molecule has 0 radical (unpaired) electrons. The Labute approximate surface area is 95.9 Å². The highest BCUT2D eigenvalue weighted by Gasteiger charge is 1.95. The number of H-pyrrole nitrogens is 1. The van der Waals surface area contributed by atoms with Crippen LogP contribution in [0.2, 0.25) is 0 Å². The van der Waals surface area contributed by atoms with E-state index in [1.165, 1.54) is 5.69 Å². The maximum absolute atomic E-state index is 5.04. The molecule has 3 N–H and O–H groups in total. The summed E-state index contributed by atoms with van der Waals surface area (Å²) in [5.41, 5.74) is 1.20. The zero-order chi connectivity index (χ0) is 10.9. The molecule has 0 atom stereocenters. The Kier molecular flexibility index (Phi) is 5.77. The van der Waals surface area contributed by atoms with Crippen LogP contribution in [0.1, 0.15) is 25.5 Å². The van der Waals surface area contributed by atoms with E-state index in [-0.39, 0.29) is 0 Å². The minimum absolute atomic E-state index is 0.749. The van der Waals surface area contributed by atoms with Gasteiger partial charge in [0, 0.05) is 25.0 Å². The van der Waals surface area contributed by atoms with Gasteiger partial charge in [0.15, 0.2) is 5.11 Å². The molecule has 5 heteroatoms. The number of thiocarbonyl (C=S) groups is 1. The average molecular weight is 226 g/mol. The summed E-state index contributed by atoms with van der Waals surface area (Å²) in [6.07, 6.45) is 6.90. The van der Waals surface area contributed by atoms with Gasteiger partial charge >= 0.3 is 0 Å². The Morgan fingerprint density at radius 3 is 3.00 bits per heavy atom. The van der Waals surface area contributed by atoms with E-state index in [4.69, 9.17) is 12.2 Å². The molecule has 0 saturated heterocycles. The number of aryl methyl sites for hydroxylation is 1. The van der Waals surface area contributed by atoms with Gasteiger partial charge in [-0.25, -0.2) is 4.98 Å². The quantitative estimate of drug-likeness (QED) is 0.504. The fourth-order valence-corrected chi connectivity index (χ4v) is 1.53. The van der Waals surface area contributed by atoms with Crippen LogP contribution >= 0.6 is 12.2 Å². The molecule has 0 unspecified atom stereocenters. The van der Waals surface area contributed by atoms with Crippen molar-refractivity contribution < 1.29 is 0 Å². The number of aromatic amines is 1. The standard InChI is InChI=1S/C10H18N4S/c1-2-12-10(15)13-6-4-3-5-9-7-11-8-14-9/h7-8H,2-6H2,1H3,(H,11,14)(H2,12,13,15). The zero-order valence-corrected chi connectivity index (χ0v) is 9.86. The minimum Gasteiger partial charge on any atom is -0.363 e. The monoisotopic (exact) mass is 226 g/mol. The second kappa shape index (κ2) is 7.23. The van der Waals surface area contributed by atoms with Gasteiger partial charge in [-0.1, -0.05) is 0 Å². The lowest BCUT2D eigenvalue weighted by Crippen LogP contribution is -2.35. The first-order chi connectivity index (χ1) is 7.33. The predicted octanol–water partition coefficient (Wildman–Crippen LogP) is 1.22. The van der Waals surface area contributed by atoms with Crippen LogP contribution in [0.4, 0.5) is 0 Å². The summed E-state index contributed by atoms with van der Waals surface area (Å²) in [7, 11) is 0. The molecule has 0 saturated carbocycles. The molecule has 0 fully saturated rings. The fourth-order valence-electron chi connectivity index (χ4n) is 1.29. The molecule has 0 aliphatic rings. The van der Waals surface area contributed by atoms with Crippen LogP contribution in [0, 0.1) is 0 Å². The molecule has 1 heterocycles. The Hall–Kier alpha value is -1.10. The normalized spacial score (nSPS) is 9.93. The largest absolute Gasteiger partial charge is 0.363 e. The van der Waals surface area contributed by atoms with Crippen molar-refractivity contribution >= 4 is 17.3 Å². The minimum atomic E-state index is 0.749. The summed E-state index contributed by atoms with van der Waals surface area (Å²) in [6.45, 7) is 3.84. The molecule has 1 rings (SSSR count). The lowest BCUT2D eigenvalue weighted by Gasteiger charge is -2.07. The van der Waals surface area contributed by atoms with Crippen molar-refractivity contribution in [3.63, 3.8) is 0 Å². The highest BCUT2D eigenvalue weighted by Crippen LogP contribution is 1.98. The third-order valence-electron chi connectivity index (χ3n) is 2.05. The first kappa shape index (κ1) is 12.0. The summed E-state index contributed by atoms with van der Waals surface area (Å²) < 4.78 is 0. The molecule has 0 aromatic carbocycles. The van der Waals surface area contributed by atoms with Crippen LogP contribution in [-0.2, 0) is 6.42 Å². The number of nitrogens with one attached hydrogen (secondary N) is 3. The van der Waals surface area contributed by atoms with Gasteiger partial charge < -0.3 is 15.6 Å². The molecule has 0 aliphatic heterocycles. The second-order valence-electron chi connectivity index (χ2n) is 3.32. The van der Waals surface area contributed by atoms with Crippen LogP contribution in [0.3, 0.4) is 0 Å². The topological polar surface area (TPSA) is 52.7 Å². The molecule has 4 nitrogen and oxygen atoms in total. The summed E-state index contributed by atoms with van der Waals surface area (Å²) in [5.74, 6) is 0. The lowest BCUT2D eigenvalue weighted by molar-refractivity contribution is 0.696. The molecule has 1 aromatic heterocycles. The smallest absolute Gasteiger partial charge is 0.166 e. The van der Waals surface area contributed by atoms with Gasteiger partial charge in [-0.15, -0.1) is 0 Å². The van der Waals surface area contributed by atoms with E-state index in [0.29, 0.717) is 0 Å². The molecule has 0 spiro atoms. The Morgan fingerprint density at radius 1 is 1.47 bits per heavy atom. The van der Waals surface area contributed by atoms with E-state index in [0.717, 1.165) is 37.5 Å². The molecular formula is C10H18N4S. The number of unbranched alkanes of at least 4 members (excludes halogenated alkanes) is 1. The van der Waals surface area contributed by atoms with Gasteiger partial charge in [-0.05, 0) is 38.4 Å². The SMILES string of the molecule is CCNC(=S)NCCCCc1cnc[nH]1. The molecule has 84 valence electrons. The van der Waals surface area contributed by atoms with E-state index in [9.17, 15) is 0 Å². The molecule has 1 aromatic rings. The summed E-state index contributed by atoms with van der Waals surface area (Å²) in [4.78, 5) is 7.06. The van der Waals surface area contributed by atoms with Crippen molar-refractivity contribution in [3.8, 4) is 0 Å². The predicted molar refractivity (Wildman–Crippen MR) is 65.8 cm³/mol. The first-order valence-corrected chi connectivity index (χ1v) is 5.72. The van der Waals surface area contributed by atoms with E-state index < -0.39 is 0 Å². The maximum Gasteiger partial charge on any atom is 0.166 e. The maximum atomic E-state index is 5.04. The van der Waals surface area contributed by atoms with Crippen molar-refractivity contribution in [2.45, 2.75) is 26.2 Å². The van der Waals surface area contributed by atoms with Crippen LogP contribution in [0.5, 0.6) is 0 Å². The molecular weight excluding hydrogens is 208 g/mol. The average Bonchev–Trinajstić information content (AvgIpc) is 2.70. The number of aromatic nitrogens is 2. The van der Waals surface area contributed by atoms with Crippen molar-refractivity contribution in [1.82, 2.24) is 20.6 Å². The number of imidazole rings is 1. The highest BCUT2D eigenvalue weighted by molar-refractivity contribution is 7.80. The van der Waals surface area contributed by atoms with E-state index in [2.05, 4.69) is 20.6 Å². The van der Waals surface area contributed by atoms with Crippen LogP contribution in [0.15, 0.2) is 12.5 Å². The number of rotatable bonds is 6.